The van der Waals surface area contributed by atoms with Crippen LogP contribution in [0.5, 0.6) is 5.75 Å². The molecule has 1 aliphatic rings. The average molecular weight is 480 g/mol. The Hall–Kier alpha value is -2.22. The highest BCUT2D eigenvalue weighted by atomic mass is 79.9. The summed E-state index contributed by atoms with van der Waals surface area (Å²) in [6.45, 7) is 2.36. The molecule has 0 atom stereocenters. The van der Waals surface area contributed by atoms with E-state index in [2.05, 4.69) is 26.6 Å². The molecule has 2 N–H and O–H groups in total. The van der Waals surface area contributed by atoms with Gasteiger partial charge in [0.05, 0.1) is 6.61 Å². The molecule has 0 bridgehead atoms. The van der Waals surface area contributed by atoms with E-state index in [4.69, 9.17) is 28.6 Å². The molecule has 2 amide bonds. The number of hydrogen-bond donors (Lipinski definition) is 2. The van der Waals surface area contributed by atoms with Gasteiger partial charge in [-0.1, -0.05) is 45.7 Å². The Morgan fingerprint density at radius 2 is 1.86 bits per heavy atom. The minimum absolute atomic E-state index is 0.00146. The first-order valence-electron chi connectivity index (χ1n) is 8.46. The number of halogens is 2. The summed E-state index contributed by atoms with van der Waals surface area (Å²) in [4.78, 5) is 24.2. The van der Waals surface area contributed by atoms with E-state index in [0.717, 1.165) is 15.6 Å². The monoisotopic (exact) mass is 478 g/mol. The number of rotatable bonds is 5. The molecular weight excluding hydrogens is 464 g/mol. The van der Waals surface area contributed by atoms with E-state index in [1.54, 1.807) is 6.07 Å². The Kier molecular flexibility index (Phi) is 6.49. The van der Waals surface area contributed by atoms with Crippen LogP contribution in [0.15, 0.2) is 46.4 Å². The lowest BCUT2D eigenvalue weighted by Gasteiger charge is -2.17. The number of thiocarbonyl (C=S) groups is 1. The third-order valence-electron chi connectivity index (χ3n) is 4.06. The maximum absolute atomic E-state index is 12.1. The minimum Gasteiger partial charge on any atom is -0.494 e. The van der Waals surface area contributed by atoms with Crippen LogP contribution in [0, 0.1) is 0 Å². The summed E-state index contributed by atoms with van der Waals surface area (Å²) in [6.07, 6.45) is 2.07. The van der Waals surface area contributed by atoms with E-state index in [1.165, 1.54) is 6.08 Å². The highest BCUT2D eigenvalue weighted by Gasteiger charge is 2.26. The van der Waals surface area contributed by atoms with Gasteiger partial charge in [0.15, 0.2) is 5.11 Å². The highest BCUT2D eigenvalue weighted by Crippen LogP contribution is 2.33. The van der Waals surface area contributed by atoms with Crippen molar-refractivity contribution in [1.82, 2.24) is 10.6 Å². The second kappa shape index (κ2) is 8.86. The van der Waals surface area contributed by atoms with Crippen LogP contribution >= 0.6 is 39.7 Å². The van der Waals surface area contributed by atoms with Crippen molar-refractivity contribution in [3.63, 3.8) is 0 Å². The second-order valence-corrected chi connectivity index (χ2v) is 7.65. The summed E-state index contributed by atoms with van der Waals surface area (Å²) in [5.41, 5.74) is 2.51. The molecule has 1 fully saturated rings. The van der Waals surface area contributed by atoms with Gasteiger partial charge < -0.3 is 4.74 Å². The molecule has 28 heavy (non-hydrogen) atoms. The second-order valence-electron chi connectivity index (χ2n) is 5.98. The summed E-state index contributed by atoms with van der Waals surface area (Å²) in [5, 5.41) is 5.51. The van der Waals surface area contributed by atoms with E-state index in [0.29, 0.717) is 29.4 Å². The molecule has 3 rings (SSSR count). The molecule has 0 saturated carbocycles. The SMILES string of the molecule is CCOc1cc(C=C2C(=O)NC(=S)NC2=O)cc(Br)c1Cc1ccccc1Cl. The molecule has 0 aromatic heterocycles. The normalized spacial score (nSPS) is 13.8. The molecule has 5 nitrogen and oxygen atoms in total. The Morgan fingerprint density at radius 3 is 2.50 bits per heavy atom. The van der Waals surface area contributed by atoms with Crippen LogP contribution in [0.3, 0.4) is 0 Å². The van der Waals surface area contributed by atoms with Gasteiger partial charge >= 0.3 is 0 Å². The molecule has 0 radical (unpaired) electrons. The molecular formula is C20H16BrClN2O3S. The Labute approximate surface area is 181 Å². The smallest absolute Gasteiger partial charge is 0.263 e. The highest BCUT2D eigenvalue weighted by molar-refractivity contribution is 9.10. The van der Waals surface area contributed by atoms with Crippen LogP contribution in [0.4, 0.5) is 0 Å². The third kappa shape index (κ3) is 4.60. The van der Waals surface area contributed by atoms with E-state index >= 15 is 0 Å². The van der Waals surface area contributed by atoms with E-state index in [-0.39, 0.29) is 10.7 Å². The fourth-order valence-electron chi connectivity index (χ4n) is 2.78. The Morgan fingerprint density at radius 1 is 1.18 bits per heavy atom. The maximum atomic E-state index is 12.1. The Balaban J connectivity index is 2.00. The fourth-order valence-corrected chi connectivity index (χ4v) is 3.76. The summed E-state index contributed by atoms with van der Waals surface area (Å²) in [6, 6.07) is 11.2. The topological polar surface area (TPSA) is 67.4 Å². The molecule has 144 valence electrons. The summed E-state index contributed by atoms with van der Waals surface area (Å²) >= 11 is 14.7. The van der Waals surface area contributed by atoms with Crippen molar-refractivity contribution in [1.29, 1.82) is 0 Å². The van der Waals surface area contributed by atoms with Crippen molar-refractivity contribution in [2.75, 3.05) is 6.61 Å². The van der Waals surface area contributed by atoms with Crippen LogP contribution in [0.2, 0.25) is 5.02 Å². The number of nitrogens with one attached hydrogen (secondary N) is 2. The van der Waals surface area contributed by atoms with Crippen LogP contribution in [-0.4, -0.2) is 23.5 Å². The summed E-state index contributed by atoms with van der Waals surface area (Å²) < 4.78 is 6.60. The van der Waals surface area contributed by atoms with Crippen LogP contribution in [0.1, 0.15) is 23.6 Å². The molecule has 0 aliphatic carbocycles. The number of carbonyl (C=O) groups excluding carboxylic acids is 2. The van der Waals surface area contributed by atoms with Gasteiger partial charge in [-0.2, -0.15) is 0 Å². The van der Waals surface area contributed by atoms with E-state index in [1.807, 2.05) is 37.3 Å². The number of amides is 2. The number of carbonyl (C=O) groups is 2. The van der Waals surface area contributed by atoms with Gasteiger partial charge in [-0.15, -0.1) is 0 Å². The molecule has 1 aliphatic heterocycles. The quantitative estimate of drug-likeness (QED) is 0.386. The number of benzene rings is 2. The minimum atomic E-state index is -0.539. The van der Waals surface area contributed by atoms with Crippen LogP contribution in [0.25, 0.3) is 6.08 Å². The first-order valence-corrected chi connectivity index (χ1v) is 10.0. The van der Waals surface area contributed by atoms with E-state index in [9.17, 15) is 9.59 Å². The lowest BCUT2D eigenvalue weighted by atomic mass is 10.0. The van der Waals surface area contributed by atoms with Gasteiger partial charge in [0.25, 0.3) is 11.8 Å². The predicted octanol–water partition coefficient (Wildman–Crippen LogP) is 4.01. The molecule has 1 saturated heterocycles. The zero-order chi connectivity index (χ0) is 20.3. The van der Waals surface area contributed by atoms with Gasteiger partial charge in [-0.25, -0.2) is 0 Å². The van der Waals surface area contributed by atoms with Crippen molar-refractivity contribution in [3.05, 3.63) is 68.2 Å². The molecule has 2 aromatic carbocycles. The third-order valence-corrected chi connectivity index (χ3v) is 5.34. The van der Waals surface area contributed by atoms with E-state index < -0.39 is 11.8 Å². The van der Waals surface area contributed by atoms with Crippen molar-refractivity contribution in [2.24, 2.45) is 0 Å². The fraction of sp³-hybridized carbons (Fsp3) is 0.150. The number of ether oxygens (including phenoxy) is 1. The van der Waals surface area contributed by atoms with Crippen molar-refractivity contribution >= 4 is 62.8 Å². The zero-order valence-electron chi connectivity index (χ0n) is 14.8. The Bertz CT molecular complexity index is 985. The summed E-state index contributed by atoms with van der Waals surface area (Å²) in [7, 11) is 0. The molecule has 2 aromatic rings. The first kappa shape index (κ1) is 20.5. The van der Waals surface area contributed by atoms with Gasteiger partial charge in [0, 0.05) is 21.5 Å². The van der Waals surface area contributed by atoms with Gasteiger partial charge in [0.2, 0.25) is 0 Å². The van der Waals surface area contributed by atoms with Crippen molar-refractivity contribution in [3.8, 4) is 5.75 Å². The lowest BCUT2D eigenvalue weighted by Crippen LogP contribution is -2.51. The predicted molar refractivity (Wildman–Crippen MR) is 116 cm³/mol. The van der Waals surface area contributed by atoms with Crippen molar-refractivity contribution < 1.29 is 14.3 Å². The average Bonchev–Trinajstić information content (AvgIpc) is 2.63. The number of hydrogen-bond acceptors (Lipinski definition) is 4. The maximum Gasteiger partial charge on any atom is 0.263 e. The molecule has 0 spiro atoms. The van der Waals surface area contributed by atoms with Crippen LogP contribution < -0.4 is 15.4 Å². The van der Waals surface area contributed by atoms with Gasteiger partial charge in [0.1, 0.15) is 11.3 Å². The molecule has 8 heteroatoms. The standard InChI is InChI=1S/C20H16BrClN2O3S/c1-2-27-17-9-11(7-14-18(25)23-20(28)24-19(14)26)8-15(21)13(17)10-12-5-3-4-6-16(12)22/h3-9H,2,10H2,1H3,(H2,23,24,25,26,28). The molecule has 0 unspecified atom stereocenters. The summed E-state index contributed by atoms with van der Waals surface area (Å²) in [5.74, 6) is -0.429. The lowest BCUT2D eigenvalue weighted by molar-refractivity contribution is -0.123. The molecule has 1 heterocycles. The van der Waals surface area contributed by atoms with Crippen molar-refractivity contribution in [2.45, 2.75) is 13.3 Å². The van der Waals surface area contributed by atoms with Gasteiger partial charge in [-0.3, -0.25) is 20.2 Å². The first-order chi connectivity index (χ1) is 13.4. The zero-order valence-corrected chi connectivity index (χ0v) is 18.0. The van der Waals surface area contributed by atoms with Crippen LogP contribution in [-0.2, 0) is 16.0 Å². The van der Waals surface area contributed by atoms with Gasteiger partial charge in [-0.05, 0) is 54.5 Å². The largest absolute Gasteiger partial charge is 0.494 e.